The average Bonchev–Trinajstić information content (AvgIpc) is 2.93. The molecule has 1 aromatic carbocycles. The van der Waals surface area contributed by atoms with E-state index in [-0.39, 0.29) is 6.10 Å². The van der Waals surface area contributed by atoms with Crippen LogP contribution in [0.3, 0.4) is 0 Å². The van der Waals surface area contributed by atoms with Gasteiger partial charge in [-0.25, -0.2) is 0 Å². The van der Waals surface area contributed by atoms with Crippen LogP contribution in [0.2, 0.25) is 0 Å². The Kier molecular flexibility index (Phi) is 5.26. The predicted octanol–water partition coefficient (Wildman–Crippen LogP) is 2.35. The van der Waals surface area contributed by atoms with E-state index in [4.69, 9.17) is 9.26 Å². The molecule has 0 saturated carbocycles. The van der Waals surface area contributed by atoms with E-state index < -0.39 is 0 Å². The van der Waals surface area contributed by atoms with E-state index in [1.54, 1.807) is 0 Å². The molecule has 0 amide bonds. The van der Waals surface area contributed by atoms with Gasteiger partial charge in [0.05, 0.1) is 0 Å². The molecule has 0 fully saturated rings. The molecule has 0 spiro atoms. The van der Waals surface area contributed by atoms with Gasteiger partial charge in [0.2, 0.25) is 0 Å². The van der Waals surface area contributed by atoms with Crippen LogP contribution in [0.1, 0.15) is 37.2 Å². The van der Waals surface area contributed by atoms with Crippen molar-refractivity contribution in [1.82, 2.24) is 15.5 Å². The van der Waals surface area contributed by atoms with Gasteiger partial charge in [-0.05, 0) is 26.5 Å². The molecule has 0 saturated heterocycles. The van der Waals surface area contributed by atoms with E-state index in [2.05, 4.69) is 22.4 Å². The zero-order valence-electron chi connectivity index (χ0n) is 12.2. The standard InChI is InChI=1S/C15H21N3O2/c1-4-19-14(12-8-6-5-7-9-12)15-17-13(18-20-15)10-11(2)16-3/h5-9,11,14,16H,4,10H2,1-3H3. The Morgan fingerprint density at radius 1 is 1.30 bits per heavy atom. The topological polar surface area (TPSA) is 60.2 Å². The van der Waals surface area contributed by atoms with Crippen molar-refractivity contribution in [2.75, 3.05) is 13.7 Å². The molecule has 108 valence electrons. The maximum absolute atomic E-state index is 5.75. The molecular formula is C15H21N3O2. The normalized spacial score (nSPS) is 14.2. The summed E-state index contributed by atoms with van der Waals surface area (Å²) in [5.41, 5.74) is 1.02. The molecule has 0 radical (unpaired) electrons. The van der Waals surface area contributed by atoms with Crippen molar-refractivity contribution >= 4 is 0 Å². The first-order valence-electron chi connectivity index (χ1n) is 6.90. The van der Waals surface area contributed by atoms with Crippen molar-refractivity contribution in [3.05, 3.63) is 47.6 Å². The quantitative estimate of drug-likeness (QED) is 0.840. The van der Waals surface area contributed by atoms with Crippen LogP contribution in [0, 0.1) is 0 Å². The summed E-state index contributed by atoms with van der Waals surface area (Å²) in [5.74, 6) is 1.21. The van der Waals surface area contributed by atoms with Gasteiger partial charge in [-0.2, -0.15) is 4.98 Å². The first-order chi connectivity index (χ1) is 9.74. The number of likely N-dealkylation sites (N-methyl/N-ethyl adjacent to an activating group) is 1. The highest BCUT2D eigenvalue weighted by Gasteiger charge is 2.21. The van der Waals surface area contributed by atoms with Crippen LogP contribution < -0.4 is 5.32 Å². The molecule has 2 aromatic rings. The molecular weight excluding hydrogens is 254 g/mol. The molecule has 5 nitrogen and oxygen atoms in total. The molecule has 1 heterocycles. The zero-order chi connectivity index (χ0) is 14.4. The fourth-order valence-corrected chi connectivity index (χ4v) is 1.94. The van der Waals surface area contributed by atoms with Crippen molar-refractivity contribution in [2.45, 2.75) is 32.4 Å². The maximum Gasteiger partial charge on any atom is 0.260 e. The lowest BCUT2D eigenvalue weighted by atomic mass is 10.1. The molecule has 20 heavy (non-hydrogen) atoms. The number of nitrogens with one attached hydrogen (secondary N) is 1. The second-order valence-corrected chi connectivity index (χ2v) is 4.69. The van der Waals surface area contributed by atoms with E-state index >= 15 is 0 Å². The Labute approximate surface area is 119 Å². The van der Waals surface area contributed by atoms with Gasteiger partial charge in [0.1, 0.15) is 0 Å². The Hall–Kier alpha value is -1.72. The summed E-state index contributed by atoms with van der Waals surface area (Å²) in [6, 6.07) is 10.2. The Bertz CT molecular complexity index is 513. The first-order valence-corrected chi connectivity index (χ1v) is 6.90. The second kappa shape index (κ2) is 7.17. The lowest BCUT2D eigenvalue weighted by Crippen LogP contribution is -2.24. The third-order valence-corrected chi connectivity index (χ3v) is 3.13. The lowest BCUT2D eigenvalue weighted by molar-refractivity contribution is 0.0667. The highest BCUT2D eigenvalue weighted by Crippen LogP contribution is 2.24. The average molecular weight is 275 g/mol. The molecule has 2 unspecified atom stereocenters. The molecule has 1 aromatic heterocycles. The summed E-state index contributed by atoms with van der Waals surface area (Å²) >= 11 is 0. The summed E-state index contributed by atoms with van der Waals surface area (Å²) in [7, 11) is 1.92. The monoisotopic (exact) mass is 275 g/mol. The fourth-order valence-electron chi connectivity index (χ4n) is 1.94. The van der Waals surface area contributed by atoms with E-state index in [0.29, 0.717) is 24.4 Å². The minimum Gasteiger partial charge on any atom is -0.364 e. The highest BCUT2D eigenvalue weighted by atomic mass is 16.5. The SMILES string of the molecule is CCOC(c1ccccc1)c1nc(CC(C)NC)no1. The Balaban J connectivity index is 2.18. The molecule has 2 atom stereocenters. The van der Waals surface area contributed by atoms with Gasteiger partial charge in [-0.15, -0.1) is 0 Å². The van der Waals surface area contributed by atoms with E-state index in [1.807, 2.05) is 44.3 Å². The largest absolute Gasteiger partial charge is 0.364 e. The predicted molar refractivity (Wildman–Crippen MR) is 76.4 cm³/mol. The van der Waals surface area contributed by atoms with Crippen molar-refractivity contribution in [1.29, 1.82) is 0 Å². The number of rotatable bonds is 7. The minimum absolute atomic E-state index is 0.299. The molecule has 0 bridgehead atoms. The van der Waals surface area contributed by atoms with E-state index in [9.17, 15) is 0 Å². The summed E-state index contributed by atoms with van der Waals surface area (Å²) in [4.78, 5) is 4.45. The Morgan fingerprint density at radius 3 is 2.70 bits per heavy atom. The third-order valence-electron chi connectivity index (χ3n) is 3.13. The smallest absolute Gasteiger partial charge is 0.260 e. The fraction of sp³-hybridized carbons (Fsp3) is 0.467. The van der Waals surface area contributed by atoms with Gasteiger partial charge >= 0.3 is 0 Å². The number of benzene rings is 1. The molecule has 2 rings (SSSR count). The van der Waals surface area contributed by atoms with Crippen molar-refractivity contribution in [3.8, 4) is 0 Å². The third kappa shape index (κ3) is 3.65. The van der Waals surface area contributed by atoms with Crippen LogP contribution in [0.15, 0.2) is 34.9 Å². The van der Waals surface area contributed by atoms with Crippen LogP contribution in [0.5, 0.6) is 0 Å². The number of hydrogen-bond donors (Lipinski definition) is 1. The van der Waals surface area contributed by atoms with Crippen molar-refractivity contribution in [2.24, 2.45) is 0 Å². The zero-order valence-corrected chi connectivity index (χ0v) is 12.2. The minimum atomic E-state index is -0.299. The van der Waals surface area contributed by atoms with E-state index in [1.165, 1.54) is 0 Å². The first kappa shape index (κ1) is 14.7. The number of aromatic nitrogens is 2. The number of nitrogens with zero attached hydrogens (tertiary/aromatic N) is 2. The van der Waals surface area contributed by atoms with Crippen molar-refractivity contribution in [3.63, 3.8) is 0 Å². The summed E-state index contributed by atoms with van der Waals surface area (Å²) in [6.07, 6.45) is 0.431. The Morgan fingerprint density at radius 2 is 2.05 bits per heavy atom. The van der Waals surface area contributed by atoms with Gasteiger partial charge in [0.25, 0.3) is 5.89 Å². The van der Waals surface area contributed by atoms with Gasteiger partial charge in [-0.1, -0.05) is 35.5 Å². The summed E-state index contributed by atoms with van der Waals surface area (Å²) < 4.78 is 11.1. The molecule has 0 aliphatic rings. The lowest BCUT2D eigenvalue weighted by Gasteiger charge is -2.12. The molecule has 5 heteroatoms. The van der Waals surface area contributed by atoms with Gasteiger partial charge in [0, 0.05) is 19.1 Å². The van der Waals surface area contributed by atoms with Crippen LogP contribution >= 0.6 is 0 Å². The van der Waals surface area contributed by atoms with Crippen LogP contribution in [-0.4, -0.2) is 29.8 Å². The van der Waals surface area contributed by atoms with E-state index in [0.717, 1.165) is 12.0 Å². The second-order valence-electron chi connectivity index (χ2n) is 4.69. The summed E-state index contributed by atoms with van der Waals surface area (Å²) in [5, 5.41) is 7.18. The van der Waals surface area contributed by atoms with Gasteiger partial charge in [-0.3, -0.25) is 0 Å². The maximum atomic E-state index is 5.75. The molecule has 1 N–H and O–H groups in total. The number of hydrogen-bond acceptors (Lipinski definition) is 5. The number of ether oxygens (including phenoxy) is 1. The van der Waals surface area contributed by atoms with Crippen LogP contribution in [-0.2, 0) is 11.2 Å². The van der Waals surface area contributed by atoms with Gasteiger partial charge in [0.15, 0.2) is 11.9 Å². The highest BCUT2D eigenvalue weighted by molar-refractivity contribution is 5.22. The molecule has 0 aliphatic carbocycles. The van der Waals surface area contributed by atoms with Crippen molar-refractivity contribution < 1.29 is 9.26 Å². The van der Waals surface area contributed by atoms with Gasteiger partial charge < -0.3 is 14.6 Å². The van der Waals surface area contributed by atoms with Crippen LogP contribution in [0.4, 0.5) is 0 Å². The summed E-state index contributed by atoms with van der Waals surface area (Å²) in [6.45, 7) is 4.62. The van der Waals surface area contributed by atoms with Crippen LogP contribution in [0.25, 0.3) is 0 Å². The molecule has 0 aliphatic heterocycles.